The van der Waals surface area contributed by atoms with Gasteiger partial charge >= 0.3 is 0 Å². The first kappa shape index (κ1) is 21.2. The summed E-state index contributed by atoms with van der Waals surface area (Å²) in [6.45, 7) is 15.4. The van der Waals surface area contributed by atoms with Crippen LogP contribution >= 0.6 is 0 Å². The summed E-state index contributed by atoms with van der Waals surface area (Å²) in [7, 11) is 0. The summed E-state index contributed by atoms with van der Waals surface area (Å²) < 4.78 is 0. The van der Waals surface area contributed by atoms with E-state index < -0.39 is 0 Å². The fourth-order valence-electron chi connectivity index (χ4n) is 1.73. The molecule has 0 amide bonds. The van der Waals surface area contributed by atoms with Crippen molar-refractivity contribution >= 4 is 12.2 Å². The van der Waals surface area contributed by atoms with Crippen LogP contribution in [0.4, 0.5) is 0 Å². The number of hydrogen-bond acceptors (Lipinski definition) is 0. The summed E-state index contributed by atoms with van der Waals surface area (Å²) >= 11 is 0. The maximum absolute atomic E-state index is 4.05. The van der Waals surface area contributed by atoms with E-state index in [4.69, 9.17) is 0 Å². The fourth-order valence-corrected chi connectivity index (χ4v) is 1.73. The summed E-state index contributed by atoms with van der Waals surface area (Å²) in [5.41, 5.74) is 2.54. The molecule has 21 heavy (non-hydrogen) atoms. The Morgan fingerprint density at radius 2 is 1.33 bits per heavy atom. The normalized spacial score (nSPS) is 9.71. The lowest BCUT2D eigenvalue weighted by Crippen LogP contribution is -2.24. The minimum atomic E-state index is 0. The van der Waals surface area contributed by atoms with Crippen molar-refractivity contribution in [3.63, 3.8) is 0 Å². The van der Waals surface area contributed by atoms with E-state index in [2.05, 4.69) is 56.5 Å². The molecule has 0 nitrogen and oxygen atoms in total. The molecule has 114 valence electrons. The number of rotatable bonds is 1. The molecule has 0 radical (unpaired) electrons. The van der Waals surface area contributed by atoms with Gasteiger partial charge in [-0.25, -0.2) is 0 Å². The second-order valence-corrected chi connectivity index (χ2v) is 4.06. The maximum Gasteiger partial charge on any atom is -0.0155 e. The van der Waals surface area contributed by atoms with Crippen molar-refractivity contribution in [2.45, 2.75) is 35.1 Å². The van der Waals surface area contributed by atoms with Gasteiger partial charge in [0, 0.05) is 0 Å². The summed E-state index contributed by atoms with van der Waals surface area (Å²) in [5.74, 6) is 0. The minimum Gasteiger partial charge on any atom is -0.103 e. The molecule has 0 aliphatic rings. The van der Waals surface area contributed by atoms with Crippen LogP contribution in [0.2, 0.25) is 0 Å². The zero-order valence-corrected chi connectivity index (χ0v) is 13.2. The van der Waals surface area contributed by atoms with Crippen LogP contribution in [0.15, 0.2) is 67.3 Å². The average molecular weight is 282 g/mol. The molecule has 0 aliphatic heterocycles. The SMILES string of the molecule is C.C=CC.C=c1cccc/c1=C(\C)c1ccccc1.CC. The highest BCUT2D eigenvalue weighted by atomic mass is 14.0. The first-order valence-electron chi connectivity index (χ1n) is 7.08. The Hall–Kier alpha value is -2.08. The largest absolute Gasteiger partial charge is 0.103 e. The molecule has 0 fully saturated rings. The van der Waals surface area contributed by atoms with E-state index in [1.165, 1.54) is 16.4 Å². The van der Waals surface area contributed by atoms with Gasteiger partial charge in [-0.15, -0.1) is 6.58 Å². The van der Waals surface area contributed by atoms with Gasteiger partial charge in [0.2, 0.25) is 0 Å². The molecule has 0 heterocycles. The fraction of sp³-hybridized carbons (Fsp3) is 0.238. The number of allylic oxidation sites excluding steroid dienone is 1. The standard InChI is InChI=1S/C15H14.C3H6.C2H6.CH4/c1-12-8-6-7-11-15(12)13(2)14-9-4-3-5-10-14;1-3-2;1-2;/h3-11H,1H2,2H3;3H,1H2,2H3;1-2H3;1H4/b15-13-;;;. The van der Waals surface area contributed by atoms with Crippen molar-refractivity contribution in [3.8, 4) is 0 Å². The third-order valence-corrected chi connectivity index (χ3v) is 2.63. The van der Waals surface area contributed by atoms with Gasteiger partial charge in [-0.05, 0) is 35.4 Å². The van der Waals surface area contributed by atoms with Crippen LogP contribution < -0.4 is 10.4 Å². The van der Waals surface area contributed by atoms with Crippen LogP contribution in [0, 0.1) is 0 Å². The molecule has 0 bridgehead atoms. The molecule has 2 aromatic rings. The van der Waals surface area contributed by atoms with Gasteiger partial charge in [0.15, 0.2) is 0 Å². The Kier molecular flexibility index (Phi) is 13.1. The van der Waals surface area contributed by atoms with E-state index in [9.17, 15) is 0 Å². The van der Waals surface area contributed by atoms with Crippen LogP contribution in [-0.2, 0) is 0 Å². The number of benzene rings is 2. The van der Waals surface area contributed by atoms with Crippen LogP contribution in [0.1, 0.15) is 40.7 Å². The van der Waals surface area contributed by atoms with Crippen molar-refractivity contribution < 1.29 is 0 Å². The molecule has 0 saturated heterocycles. The van der Waals surface area contributed by atoms with Gasteiger partial charge in [-0.2, -0.15) is 0 Å². The molecule has 0 spiro atoms. The second-order valence-electron chi connectivity index (χ2n) is 4.06. The van der Waals surface area contributed by atoms with Crippen LogP contribution in [-0.4, -0.2) is 0 Å². The van der Waals surface area contributed by atoms with Crippen molar-refractivity contribution in [2.24, 2.45) is 0 Å². The number of hydrogen-bond donors (Lipinski definition) is 0. The van der Waals surface area contributed by atoms with Gasteiger partial charge in [0.05, 0.1) is 0 Å². The summed E-state index contributed by atoms with van der Waals surface area (Å²) in [5, 5.41) is 2.31. The maximum atomic E-state index is 4.05. The zero-order chi connectivity index (χ0) is 15.4. The van der Waals surface area contributed by atoms with E-state index in [1.54, 1.807) is 6.08 Å². The Bertz CT molecular complexity index is 591. The van der Waals surface area contributed by atoms with Crippen molar-refractivity contribution in [1.29, 1.82) is 0 Å². The summed E-state index contributed by atoms with van der Waals surface area (Å²) in [6, 6.07) is 18.6. The predicted molar refractivity (Wildman–Crippen MR) is 99.8 cm³/mol. The third kappa shape index (κ3) is 7.31. The lowest BCUT2D eigenvalue weighted by molar-refractivity contribution is 1.45. The topological polar surface area (TPSA) is 0 Å². The molecular formula is C21H30. The average Bonchev–Trinajstić information content (AvgIpc) is 2.51. The van der Waals surface area contributed by atoms with Crippen molar-refractivity contribution in [2.75, 3.05) is 0 Å². The first-order valence-corrected chi connectivity index (χ1v) is 7.08. The Morgan fingerprint density at radius 3 is 1.81 bits per heavy atom. The highest BCUT2D eigenvalue weighted by Crippen LogP contribution is 2.08. The van der Waals surface area contributed by atoms with Gasteiger partial charge in [0.1, 0.15) is 0 Å². The molecule has 0 unspecified atom stereocenters. The van der Waals surface area contributed by atoms with Gasteiger partial charge < -0.3 is 0 Å². The van der Waals surface area contributed by atoms with Gasteiger partial charge in [-0.3, -0.25) is 0 Å². The van der Waals surface area contributed by atoms with E-state index in [1.807, 2.05) is 39.0 Å². The summed E-state index contributed by atoms with van der Waals surface area (Å²) in [4.78, 5) is 0. The minimum absolute atomic E-state index is 0. The molecule has 0 aromatic heterocycles. The molecule has 0 heteroatoms. The smallest absolute Gasteiger partial charge is 0.0155 e. The molecule has 0 aliphatic carbocycles. The van der Waals surface area contributed by atoms with Crippen molar-refractivity contribution in [3.05, 3.63) is 83.3 Å². The zero-order valence-electron chi connectivity index (χ0n) is 13.2. The summed E-state index contributed by atoms with van der Waals surface area (Å²) in [6.07, 6.45) is 1.75. The van der Waals surface area contributed by atoms with E-state index in [-0.39, 0.29) is 7.43 Å². The highest BCUT2D eigenvalue weighted by molar-refractivity contribution is 5.63. The Morgan fingerprint density at radius 1 is 0.905 bits per heavy atom. The molecule has 0 atom stereocenters. The lowest BCUT2D eigenvalue weighted by atomic mass is 10.0. The molecule has 2 aromatic carbocycles. The third-order valence-electron chi connectivity index (χ3n) is 2.63. The van der Waals surface area contributed by atoms with E-state index in [0.29, 0.717) is 0 Å². The molecule has 2 rings (SSSR count). The molecule has 0 saturated carbocycles. The Labute approximate surface area is 131 Å². The van der Waals surface area contributed by atoms with Crippen LogP contribution in [0.3, 0.4) is 0 Å². The van der Waals surface area contributed by atoms with E-state index >= 15 is 0 Å². The second kappa shape index (κ2) is 12.9. The van der Waals surface area contributed by atoms with Crippen LogP contribution in [0.25, 0.3) is 12.2 Å². The van der Waals surface area contributed by atoms with Gasteiger partial charge in [-0.1, -0.05) is 88.5 Å². The highest BCUT2D eigenvalue weighted by Gasteiger charge is 1.94. The monoisotopic (exact) mass is 282 g/mol. The lowest BCUT2D eigenvalue weighted by Gasteiger charge is -2.01. The molecule has 0 N–H and O–H groups in total. The molecular weight excluding hydrogens is 252 g/mol. The predicted octanol–water partition coefficient (Wildman–Crippen LogP) is 5.17. The van der Waals surface area contributed by atoms with E-state index in [0.717, 1.165) is 5.22 Å². The van der Waals surface area contributed by atoms with Crippen LogP contribution in [0.5, 0.6) is 0 Å². The van der Waals surface area contributed by atoms with Crippen molar-refractivity contribution in [1.82, 2.24) is 0 Å². The quantitative estimate of drug-likeness (QED) is 0.633. The van der Waals surface area contributed by atoms with Gasteiger partial charge in [0.25, 0.3) is 0 Å². The Balaban J connectivity index is 0. The first-order chi connectivity index (χ1) is 9.70.